The van der Waals surface area contributed by atoms with Gasteiger partial charge in [0.25, 0.3) is 17.7 Å². The number of pyridine rings is 1. The lowest BCUT2D eigenvalue weighted by Gasteiger charge is -2.40. The molecular weight excluding hydrogens is 526 g/mol. The fraction of sp³-hybridized carbons (Fsp3) is 0.517. The Labute approximate surface area is 236 Å². The lowest BCUT2D eigenvalue weighted by Crippen LogP contribution is -2.60. The molecule has 2 saturated carbocycles. The predicted molar refractivity (Wildman–Crippen MR) is 151 cm³/mol. The maximum Gasteiger partial charge on any atom is 0.274 e. The molecule has 6 rings (SSSR count). The number of rotatable bonds is 6. The molecule has 3 amide bonds. The van der Waals surface area contributed by atoms with Gasteiger partial charge in [-0.3, -0.25) is 24.1 Å². The first-order chi connectivity index (χ1) is 19.6. The Morgan fingerprint density at radius 2 is 1.90 bits per heavy atom. The van der Waals surface area contributed by atoms with Gasteiger partial charge in [-0.15, -0.1) is 0 Å². The Morgan fingerprint density at radius 3 is 2.59 bits per heavy atom. The molecule has 0 bridgehead atoms. The molecule has 4 heterocycles. The lowest BCUT2D eigenvalue weighted by atomic mass is 9.80. The van der Waals surface area contributed by atoms with Crippen LogP contribution >= 0.6 is 0 Å². The molecule has 0 aromatic carbocycles. The van der Waals surface area contributed by atoms with Crippen LogP contribution in [0.3, 0.4) is 0 Å². The fourth-order valence-corrected chi connectivity index (χ4v) is 6.19. The maximum absolute atomic E-state index is 14.3. The number of aromatic nitrogens is 4. The zero-order valence-electron chi connectivity index (χ0n) is 23.6. The van der Waals surface area contributed by atoms with Crippen molar-refractivity contribution in [2.45, 2.75) is 82.8 Å². The number of aromatic amines is 1. The highest BCUT2D eigenvalue weighted by Gasteiger charge is 2.44. The van der Waals surface area contributed by atoms with E-state index in [0.29, 0.717) is 48.6 Å². The third-order valence-corrected chi connectivity index (χ3v) is 8.67. The van der Waals surface area contributed by atoms with Crippen molar-refractivity contribution in [1.29, 1.82) is 0 Å². The normalized spacial score (nSPS) is 18.4. The second-order valence-corrected chi connectivity index (χ2v) is 11.7. The van der Waals surface area contributed by atoms with E-state index < -0.39 is 28.5 Å². The molecule has 0 spiro atoms. The van der Waals surface area contributed by atoms with Gasteiger partial charge >= 0.3 is 0 Å². The van der Waals surface area contributed by atoms with Crippen molar-refractivity contribution in [3.63, 3.8) is 0 Å². The molecule has 2 fully saturated rings. The molecule has 3 aromatic heterocycles. The second kappa shape index (κ2) is 10.0. The van der Waals surface area contributed by atoms with E-state index in [4.69, 9.17) is 4.98 Å². The molecule has 41 heavy (non-hydrogen) atoms. The smallest absolute Gasteiger partial charge is 0.274 e. The Bertz CT molecular complexity index is 1610. The molecule has 0 unspecified atom stereocenters. The number of fused-ring (bicyclic) bond motifs is 2. The number of carbonyl (C=O) groups is 3. The summed E-state index contributed by atoms with van der Waals surface area (Å²) in [5, 5.41) is 13.6. The standard InChI is InChI=1S/C29H35N7O5/c1-16(2)35-11-12-36-21(13-20(37)24(38)23(36)27(35)40)34(3)28(41)29(9-5-4-6-10-29)33-26(39)18-14-30-25-22(18)32-19(15-31-25)17-7-8-17/h13-17,38H,4-12H2,1-3H3,(H,30,31)(H,33,39). The van der Waals surface area contributed by atoms with Gasteiger partial charge < -0.3 is 24.9 Å². The Balaban J connectivity index is 1.34. The molecule has 12 nitrogen and oxygen atoms in total. The average molecular weight is 562 g/mol. The molecule has 3 N–H and O–H groups in total. The van der Waals surface area contributed by atoms with Crippen molar-refractivity contribution in [2.24, 2.45) is 0 Å². The molecule has 2 aliphatic carbocycles. The van der Waals surface area contributed by atoms with Crippen LogP contribution in [-0.4, -0.2) is 72.4 Å². The Hall–Kier alpha value is -4.22. The van der Waals surface area contributed by atoms with E-state index in [1.54, 1.807) is 24.3 Å². The predicted octanol–water partition coefficient (Wildman–Crippen LogP) is 2.66. The van der Waals surface area contributed by atoms with E-state index in [0.717, 1.165) is 37.8 Å². The highest BCUT2D eigenvalue weighted by atomic mass is 16.3. The first-order valence-corrected chi connectivity index (χ1v) is 14.3. The molecule has 0 saturated heterocycles. The van der Waals surface area contributed by atoms with Crippen LogP contribution in [0.2, 0.25) is 0 Å². The number of likely N-dealkylation sites (N-methyl/N-ethyl adjacent to an activating group) is 1. The van der Waals surface area contributed by atoms with Crippen LogP contribution in [0.25, 0.3) is 11.2 Å². The largest absolute Gasteiger partial charge is 0.503 e. The van der Waals surface area contributed by atoms with Crippen molar-refractivity contribution in [1.82, 2.24) is 29.7 Å². The van der Waals surface area contributed by atoms with E-state index in [-0.39, 0.29) is 23.5 Å². The van der Waals surface area contributed by atoms with Crippen LogP contribution in [0.1, 0.15) is 91.3 Å². The van der Waals surface area contributed by atoms with Crippen LogP contribution in [0.5, 0.6) is 5.75 Å². The first-order valence-electron chi connectivity index (χ1n) is 14.3. The van der Waals surface area contributed by atoms with Gasteiger partial charge in [-0.05, 0) is 39.5 Å². The number of aromatic hydroxyl groups is 1. The molecular formula is C29H35N7O5. The van der Waals surface area contributed by atoms with Crippen LogP contribution in [0.15, 0.2) is 23.3 Å². The van der Waals surface area contributed by atoms with Crippen LogP contribution in [0.4, 0.5) is 5.82 Å². The van der Waals surface area contributed by atoms with Crippen molar-refractivity contribution in [3.05, 3.63) is 45.6 Å². The summed E-state index contributed by atoms with van der Waals surface area (Å²) in [6.45, 7) is 4.40. The van der Waals surface area contributed by atoms with Gasteiger partial charge in [-0.2, -0.15) is 0 Å². The topological polar surface area (TPSA) is 154 Å². The van der Waals surface area contributed by atoms with E-state index in [9.17, 15) is 24.3 Å². The number of nitrogens with one attached hydrogen (secondary N) is 2. The van der Waals surface area contributed by atoms with E-state index in [2.05, 4.69) is 15.3 Å². The number of hydrogen-bond acceptors (Lipinski definition) is 7. The molecule has 0 atom stereocenters. The summed E-state index contributed by atoms with van der Waals surface area (Å²) in [6, 6.07) is 1.06. The minimum atomic E-state index is -1.22. The minimum absolute atomic E-state index is 0.121. The second-order valence-electron chi connectivity index (χ2n) is 11.7. The van der Waals surface area contributed by atoms with Gasteiger partial charge in [0.2, 0.25) is 5.43 Å². The molecule has 1 aliphatic heterocycles. The summed E-state index contributed by atoms with van der Waals surface area (Å²) in [5.74, 6) is -1.32. The number of carbonyl (C=O) groups excluding carboxylic acids is 3. The quantitative estimate of drug-likeness (QED) is 0.418. The van der Waals surface area contributed by atoms with Gasteiger partial charge in [-0.1, -0.05) is 19.3 Å². The molecule has 3 aromatic rings. The van der Waals surface area contributed by atoms with Crippen molar-refractivity contribution >= 4 is 34.7 Å². The average Bonchev–Trinajstić information content (AvgIpc) is 3.73. The van der Waals surface area contributed by atoms with Crippen LogP contribution < -0.4 is 15.6 Å². The van der Waals surface area contributed by atoms with Crippen LogP contribution in [-0.2, 0) is 11.3 Å². The zero-order chi connectivity index (χ0) is 29.1. The van der Waals surface area contributed by atoms with E-state index in [1.165, 1.54) is 15.5 Å². The minimum Gasteiger partial charge on any atom is -0.503 e. The lowest BCUT2D eigenvalue weighted by molar-refractivity contribution is -0.125. The number of H-pyrrole nitrogens is 1. The van der Waals surface area contributed by atoms with Gasteiger partial charge in [0, 0.05) is 44.4 Å². The Kier molecular flexibility index (Phi) is 6.58. The van der Waals surface area contributed by atoms with Crippen LogP contribution in [0, 0.1) is 0 Å². The highest BCUT2D eigenvalue weighted by molar-refractivity contribution is 6.09. The summed E-state index contributed by atoms with van der Waals surface area (Å²) in [6.07, 6.45) is 8.71. The van der Waals surface area contributed by atoms with Gasteiger partial charge in [0.05, 0.1) is 17.5 Å². The SMILES string of the molecule is CC(C)N1CCn2c(N(C)C(=O)C3(NC(=O)c4c[nH]c5ncc(C6CC6)nc45)CCCCC3)cc(=O)c(O)c2C1=O. The maximum atomic E-state index is 14.3. The summed E-state index contributed by atoms with van der Waals surface area (Å²) in [7, 11) is 1.54. The third kappa shape index (κ3) is 4.54. The summed E-state index contributed by atoms with van der Waals surface area (Å²) < 4.78 is 1.53. The number of hydrogen-bond donors (Lipinski definition) is 3. The highest BCUT2D eigenvalue weighted by Crippen LogP contribution is 2.39. The molecule has 12 heteroatoms. The number of amides is 3. The Morgan fingerprint density at radius 1 is 1.17 bits per heavy atom. The zero-order valence-corrected chi connectivity index (χ0v) is 23.6. The molecule has 0 radical (unpaired) electrons. The van der Waals surface area contributed by atoms with Gasteiger partial charge in [0.1, 0.15) is 16.9 Å². The molecule has 3 aliphatic rings. The van der Waals surface area contributed by atoms with E-state index in [1.807, 2.05) is 13.8 Å². The van der Waals surface area contributed by atoms with Crippen molar-refractivity contribution < 1.29 is 19.5 Å². The summed E-state index contributed by atoms with van der Waals surface area (Å²) in [5.41, 5.74) is 0.0946. The first kappa shape index (κ1) is 27.0. The van der Waals surface area contributed by atoms with Gasteiger partial charge in [-0.25, -0.2) is 9.97 Å². The fourth-order valence-electron chi connectivity index (χ4n) is 6.19. The van der Waals surface area contributed by atoms with Gasteiger partial charge in [0.15, 0.2) is 17.1 Å². The van der Waals surface area contributed by atoms with E-state index >= 15 is 0 Å². The van der Waals surface area contributed by atoms with Crippen molar-refractivity contribution in [2.75, 3.05) is 18.5 Å². The monoisotopic (exact) mass is 561 g/mol. The third-order valence-electron chi connectivity index (χ3n) is 8.67. The molecule has 216 valence electrons. The summed E-state index contributed by atoms with van der Waals surface area (Å²) >= 11 is 0. The number of anilines is 1. The van der Waals surface area contributed by atoms with Crippen molar-refractivity contribution in [3.8, 4) is 5.75 Å². The summed E-state index contributed by atoms with van der Waals surface area (Å²) in [4.78, 5) is 69.1. The number of nitrogens with zero attached hydrogens (tertiary/aromatic N) is 5.